The van der Waals surface area contributed by atoms with Crippen molar-refractivity contribution in [1.29, 1.82) is 0 Å². The first-order valence-corrected chi connectivity index (χ1v) is 14.0. The van der Waals surface area contributed by atoms with E-state index in [2.05, 4.69) is 16.5 Å². The molecule has 0 saturated carbocycles. The highest BCUT2D eigenvalue weighted by atomic mass is 35.5. The molecule has 1 aliphatic rings. The van der Waals surface area contributed by atoms with Gasteiger partial charge in [0, 0.05) is 43.0 Å². The highest BCUT2D eigenvalue weighted by Crippen LogP contribution is 2.36. The minimum Gasteiger partial charge on any atom is -0.349 e. The van der Waals surface area contributed by atoms with Gasteiger partial charge in [-0.25, -0.2) is 23.1 Å². The molecule has 0 radical (unpaired) electrons. The molecule has 0 N–H and O–H groups in total. The van der Waals surface area contributed by atoms with Crippen LogP contribution < -0.4 is 10.6 Å². The number of fused-ring (bicyclic) bond motifs is 1. The number of benzene rings is 1. The van der Waals surface area contributed by atoms with Gasteiger partial charge in [-0.15, -0.1) is 0 Å². The van der Waals surface area contributed by atoms with Crippen molar-refractivity contribution in [3.63, 3.8) is 0 Å². The molecule has 2 atom stereocenters. The summed E-state index contributed by atoms with van der Waals surface area (Å²) in [6, 6.07) is 6.15. The van der Waals surface area contributed by atoms with Gasteiger partial charge in [0.1, 0.15) is 17.5 Å². The highest BCUT2D eigenvalue weighted by molar-refractivity contribution is 6.33. The van der Waals surface area contributed by atoms with E-state index >= 15 is 0 Å². The Bertz CT molecular complexity index is 1790. The van der Waals surface area contributed by atoms with Crippen LogP contribution in [0.4, 0.5) is 14.6 Å². The van der Waals surface area contributed by atoms with E-state index in [0.717, 1.165) is 17.7 Å². The van der Waals surface area contributed by atoms with Crippen molar-refractivity contribution in [2.75, 3.05) is 18.0 Å². The van der Waals surface area contributed by atoms with Gasteiger partial charge in [0.25, 0.3) is 0 Å². The summed E-state index contributed by atoms with van der Waals surface area (Å²) < 4.78 is 30.1. The number of aromatic nitrogens is 4. The first-order chi connectivity index (χ1) is 19.9. The lowest BCUT2D eigenvalue weighted by Crippen LogP contribution is -2.58. The number of rotatable bonds is 5. The Labute approximate surface area is 247 Å². The maximum absolute atomic E-state index is 15.0. The van der Waals surface area contributed by atoms with Gasteiger partial charge in [-0.05, 0) is 62.6 Å². The van der Waals surface area contributed by atoms with Crippen molar-refractivity contribution in [2.24, 2.45) is 0 Å². The van der Waals surface area contributed by atoms with E-state index in [1.807, 2.05) is 39.5 Å². The van der Waals surface area contributed by atoms with Crippen LogP contribution in [0.15, 0.2) is 54.0 Å². The van der Waals surface area contributed by atoms with Crippen LogP contribution in [0.3, 0.4) is 0 Å². The summed E-state index contributed by atoms with van der Waals surface area (Å²) in [7, 11) is 0. The number of hydrogen-bond donors (Lipinski definition) is 0. The quantitative estimate of drug-likeness (QED) is 0.272. The molecule has 8 nitrogen and oxygen atoms in total. The topological polar surface area (TPSA) is 84.2 Å². The molecule has 1 amide bonds. The van der Waals surface area contributed by atoms with E-state index < -0.39 is 17.3 Å². The number of piperazine rings is 1. The second-order valence-corrected chi connectivity index (χ2v) is 11.3. The number of halogens is 3. The minimum absolute atomic E-state index is 0.00815. The van der Waals surface area contributed by atoms with Crippen LogP contribution in [0, 0.1) is 18.6 Å². The average molecular weight is 593 g/mol. The van der Waals surface area contributed by atoms with Gasteiger partial charge in [0.05, 0.1) is 27.5 Å². The SMILES string of the molecule is C=CC(=O)N1CC(C)N(c2nc(=O)n(-c3c(C)ccnc3C(C)C)c3nc(-c4ccc(F)cc4F)c(Cl)cc23)CC1C. The molecule has 11 heteroatoms. The summed E-state index contributed by atoms with van der Waals surface area (Å²) in [4.78, 5) is 44.0. The van der Waals surface area contributed by atoms with Gasteiger partial charge in [-0.2, -0.15) is 4.98 Å². The second kappa shape index (κ2) is 11.2. The average Bonchev–Trinajstić information content (AvgIpc) is 2.94. The molecule has 0 bridgehead atoms. The van der Waals surface area contributed by atoms with E-state index in [0.29, 0.717) is 35.7 Å². The number of pyridine rings is 2. The van der Waals surface area contributed by atoms with Gasteiger partial charge < -0.3 is 9.80 Å². The Morgan fingerprint density at radius 1 is 1.12 bits per heavy atom. The van der Waals surface area contributed by atoms with Crippen molar-refractivity contribution in [3.8, 4) is 16.9 Å². The standard InChI is InChI=1S/C31H31ClF2N6O2/c1-7-25(41)38-14-19(6)39(15-18(38)5)29-22-13-23(32)27(21-9-8-20(33)12-24(21)34)36-30(22)40(31(42)37-29)28-17(4)10-11-35-26(28)16(2)3/h7-13,16,18-19H,1,14-15H2,2-6H3. The van der Waals surface area contributed by atoms with Crippen LogP contribution >= 0.6 is 11.6 Å². The maximum Gasteiger partial charge on any atom is 0.355 e. The zero-order valence-corrected chi connectivity index (χ0v) is 24.8. The predicted octanol–water partition coefficient (Wildman–Crippen LogP) is 5.82. The molecular weight excluding hydrogens is 562 g/mol. The lowest BCUT2D eigenvalue weighted by atomic mass is 10.0. The van der Waals surface area contributed by atoms with E-state index in [1.165, 1.54) is 16.7 Å². The Morgan fingerprint density at radius 2 is 1.86 bits per heavy atom. The zero-order valence-electron chi connectivity index (χ0n) is 24.0. The summed E-state index contributed by atoms with van der Waals surface area (Å²) >= 11 is 6.73. The van der Waals surface area contributed by atoms with E-state index in [1.54, 1.807) is 23.2 Å². The molecule has 0 aliphatic carbocycles. The summed E-state index contributed by atoms with van der Waals surface area (Å²) in [5.74, 6) is -1.44. The molecule has 218 valence electrons. The Balaban J connectivity index is 1.83. The molecule has 4 aromatic rings. The van der Waals surface area contributed by atoms with E-state index in [4.69, 9.17) is 16.6 Å². The van der Waals surface area contributed by atoms with Crippen LogP contribution in [0.25, 0.3) is 28.0 Å². The number of amides is 1. The van der Waals surface area contributed by atoms with E-state index in [9.17, 15) is 18.4 Å². The lowest BCUT2D eigenvalue weighted by Gasteiger charge is -2.44. The largest absolute Gasteiger partial charge is 0.355 e. The molecule has 0 spiro atoms. The lowest BCUT2D eigenvalue weighted by molar-refractivity contribution is -0.128. The Kier molecular flexibility index (Phi) is 7.85. The van der Waals surface area contributed by atoms with Crippen LogP contribution in [0.1, 0.15) is 44.9 Å². The molecule has 4 heterocycles. The van der Waals surface area contributed by atoms with Gasteiger partial charge in [0.15, 0.2) is 5.65 Å². The van der Waals surface area contributed by atoms with Crippen molar-refractivity contribution in [2.45, 2.75) is 52.6 Å². The number of aryl methyl sites for hydroxylation is 1. The third kappa shape index (κ3) is 5.04. The first-order valence-electron chi connectivity index (χ1n) is 13.7. The highest BCUT2D eigenvalue weighted by Gasteiger charge is 2.34. The summed E-state index contributed by atoms with van der Waals surface area (Å²) in [6.45, 7) is 14.0. The molecular formula is C31H31ClF2N6O2. The predicted molar refractivity (Wildman–Crippen MR) is 160 cm³/mol. The molecule has 1 aliphatic heterocycles. The smallest absolute Gasteiger partial charge is 0.349 e. The molecule has 42 heavy (non-hydrogen) atoms. The number of carbonyl (C=O) groups excluding carboxylic acids is 1. The van der Waals surface area contributed by atoms with Crippen molar-refractivity contribution >= 4 is 34.4 Å². The Hall–Kier alpha value is -4.18. The summed E-state index contributed by atoms with van der Waals surface area (Å²) in [5.41, 5.74) is 1.63. The number of anilines is 1. The van der Waals surface area contributed by atoms with Gasteiger partial charge in [-0.1, -0.05) is 32.0 Å². The second-order valence-electron chi connectivity index (χ2n) is 10.9. The van der Waals surface area contributed by atoms with Crippen LogP contribution in [-0.2, 0) is 4.79 Å². The molecule has 1 fully saturated rings. The molecule has 3 aromatic heterocycles. The number of nitrogens with zero attached hydrogens (tertiary/aromatic N) is 6. The summed E-state index contributed by atoms with van der Waals surface area (Å²) in [6.07, 6.45) is 2.97. The summed E-state index contributed by atoms with van der Waals surface area (Å²) in [5, 5.41) is 0.570. The number of carbonyl (C=O) groups is 1. The fourth-order valence-electron chi connectivity index (χ4n) is 5.53. The third-order valence-corrected chi connectivity index (χ3v) is 7.92. The monoisotopic (exact) mass is 592 g/mol. The van der Waals surface area contributed by atoms with Crippen molar-refractivity contribution in [3.05, 3.63) is 87.6 Å². The van der Waals surface area contributed by atoms with Gasteiger partial charge in [-0.3, -0.25) is 9.78 Å². The van der Waals surface area contributed by atoms with E-state index in [-0.39, 0.29) is 45.8 Å². The van der Waals surface area contributed by atoms with Crippen molar-refractivity contribution < 1.29 is 13.6 Å². The fourth-order valence-corrected chi connectivity index (χ4v) is 5.78. The van der Waals surface area contributed by atoms with Gasteiger partial charge >= 0.3 is 5.69 Å². The molecule has 1 saturated heterocycles. The molecule has 2 unspecified atom stereocenters. The molecule has 5 rings (SSSR count). The van der Waals surface area contributed by atoms with Crippen LogP contribution in [-0.4, -0.2) is 55.5 Å². The zero-order chi connectivity index (χ0) is 30.5. The third-order valence-electron chi connectivity index (χ3n) is 7.63. The normalized spacial score (nSPS) is 17.3. The molecule has 1 aromatic carbocycles. The first kappa shape index (κ1) is 29.3. The fraction of sp³-hybridized carbons (Fsp3) is 0.323. The number of hydrogen-bond acceptors (Lipinski definition) is 6. The minimum atomic E-state index is -0.835. The van der Waals surface area contributed by atoms with Crippen molar-refractivity contribution in [1.82, 2.24) is 24.4 Å². The van der Waals surface area contributed by atoms with Crippen LogP contribution in [0.5, 0.6) is 0 Å². The van der Waals surface area contributed by atoms with Gasteiger partial charge in [0.2, 0.25) is 5.91 Å². The Morgan fingerprint density at radius 3 is 2.52 bits per heavy atom. The van der Waals surface area contributed by atoms with Crippen LogP contribution in [0.2, 0.25) is 5.02 Å². The maximum atomic E-state index is 15.0.